The minimum absolute atomic E-state index is 0.0754. The number of aliphatic hydroxyl groups is 1. The van der Waals surface area contributed by atoms with Gasteiger partial charge in [-0.25, -0.2) is 4.79 Å². The first-order valence-electron chi connectivity index (χ1n) is 11.9. The van der Waals surface area contributed by atoms with Crippen molar-refractivity contribution in [2.24, 2.45) is 16.1 Å². The van der Waals surface area contributed by atoms with E-state index in [0.717, 1.165) is 21.9 Å². The third-order valence-corrected chi connectivity index (χ3v) is 7.42. The summed E-state index contributed by atoms with van der Waals surface area (Å²) in [4.78, 5) is 36.1. The number of pyridine rings is 1. The maximum atomic E-state index is 13.3. The first kappa shape index (κ1) is 23.0. The maximum Gasteiger partial charge on any atom is 0.375 e. The van der Waals surface area contributed by atoms with Crippen LogP contribution in [0.1, 0.15) is 37.0 Å². The first-order chi connectivity index (χ1) is 17.7. The summed E-state index contributed by atoms with van der Waals surface area (Å²) >= 11 is 0. The van der Waals surface area contributed by atoms with Gasteiger partial charge in [0.25, 0.3) is 5.56 Å². The number of rotatable bonds is 4. The van der Waals surface area contributed by atoms with Crippen LogP contribution in [0.2, 0.25) is 0 Å². The number of nitrogens with zero attached hydrogens (tertiary/aromatic N) is 4. The molecule has 3 aromatic rings. The van der Waals surface area contributed by atoms with Crippen LogP contribution in [0.25, 0.3) is 22.0 Å². The van der Waals surface area contributed by atoms with E-state index in [1.54, 1.807) is 30.5 Å². The molecule has 11 nitrogen and oxygen atoms in total. The predicted molar refractivity (Wildman–Crippen MR) is 133 cm³/mol. The maximum absolute atomic E-state index is 13.3. The third-order valence-electron chi connectivity index (χ3n) is 7.42. The predicted octanol–water partition coefficient (Wildman–Crippen LogP) is 2.74. The number of cyclic esters (lactones) is 1. The molecule has 0 saturated heterocycles. The summed E-state index contributed by atoms with van der Waals surface area (Å²) in [5.41, 5.74) is 1.40. The van der Waals surface area contributed by atoms with Gasteiger partial charge in [0.2, 0.25) is 0 Å². The number of ether oxygens (including phenoxy) is 2. The fourth-order valence-electron chi connectivity index (χ4n) is 5.18. The van der Waals surface area contributed by atoms with Crippen LogP contribution >= 0.6 is 0 Å². The van der Waals surface area contributed by atoms with Crippen LogP contribution in [0.3, 0.4) is 0 Å². The van der Waals surface area contributed by atoms with Gasteiger partial charge in [-0.2, -0.15) is 0 Å². The van der Waals surface area contributed by atoms with Crippen molar-refractivity contribution in [3.8, 4) is 17.0 Å². The van der Waals surface area contributed by atoms with E-state index in [2.05, 4.69) is 10.2 Å². The van der Waals surface area contributed by atoms with Crippen molar-refractivity contribution >= 4 is 28.3 Å². The highest BCUT2D eigenvalue weighted by atomic mass is 16.6. The molecule has 188 valence electrons. The summed E-state index contributed by atoms with van der Waals surface area (Å²) in [6.07, 6.45) is 0.0970. The standard InChI is InChI=1S/C26H22N4O7/c1-3-26(33)20-9-22-18-8-14-4-5-17(36-12-21-13(2)23(28-27-21)30(34)35)7-15(14)6-16(18)10-29(22)24(31)19(20)11-37-25(26)32/h4-9,13,33H,3,10-12H2,1-2H3. The van der Waals surface area contributed by atoms with E-state index in [-0.39, 0.29) is 31.0 Å². The zero-order chi connectivity index (χ0) is 26.1. The SMILES string of the molecule is CCC1(O)C(=O)OCc2c1cc1n(c2=O)Cc2cc3cc(OCC4=NN=C([N+](=O)[O-])C4C)ccc3cc2-1. The molecule has 2 unspecified atom stereocenters. The van der Waals surface area contributed by atoms with Crippen molar-refractivity contribution in [1.82, 2.24) is 4.57 Å². The summed E-state index contributed by atoms with van der Waals surface area (Å²) in [5, 5.41) is 31.4. The largest absolute Gasteiger partial charge is 0.487 e. The summed E-state index contributed by atoms with van der Waals surface area (Å²) in [6.45, 7) is 3.61. The second kappa shape index (κ2) is 8.07. The molecule has 0 amide bonds. The van der Waals surface area contributed by atoms with Crippen LogP contribution < -0.4 is 10.3 Å². The molecule has 1 aromatic heterocycles. The Morgan fingerprint density at radius 3 is 2.76 bits per heavy atom. The van der Waals surface area contributed by atoms with Crippen LogP contribution in [0, 0.1) is 16.0 Å². The number of hydrogen-bond donors (Lipinski definition) is 1. The fourth-order valence-corrected chi connectivity index (χ4v) is 5.18. The Morgan fingerprint density at radius 2 is 2.03 bits per heavy atom. The van der Waals surface area contributed by atoms with Gasteiger partial charge in [0, 0.05) is 11.1 Å². The molecule has 6 rings (SSSR count). The van der Waals surface area contributed by atoms with Crippen LogP contribution in [0.4, 0.5) is 0 Å². The Hall–Kier alpha value is -4.38. The van der Waals surface area contributed by atoms with Gasteiger partial charge in [0.15, 0.2) is 5.60 Å². The Kier molecular flexibility index (Phi) is 5.02. The lowest BCUT2D eigenvalue weighted by Gasteiger charge is -2.31. The minimum Gasteiger partial charge on any atom is -0.487 e. The molecule has 37 heavy (non-hydrogen) atoms. The van der Waals surface area contributed by atoms with Crippen molar-refractivity contribution in [2.75, 3.05) is 6.61 Å². The number of nitro groups is 1. The number of benzene rings is 2. The molecule has 0 bridgehead atoms. The zero-order valence-electron chi connectivity index (χ0n) is 20.1. The van der Waals surface area contributed by atoms with Crippen molar-refractivity contribution in [3.05, 3.63) is 73.6 Å². The molecular weight excluding hydrogens is 480 g/mol. The zero-order valence-corrected chi connectivity index (χ0v) is 20.1. The minimum atomic E-state index is -1.85. The average Bonchev–Trinajstić information content (AvgIpc) is 3.43. The lowest BCUT2D eigenvalue weighted by Crippen LogP contribution is -2.44. The Balaban J connectivity index is 1.32. The van der Waals surface area contributed by atoms with Crippen molar-refractivity contribution in [1.29, 1.82) is 0 Å². The summed E-state index contributed by atoms with van der Waals surface area (Å²) in [7, 11) is 0. The van der Waals surface area contributed by atoms with E-state index in [0.29, 0.717) is 34.8 Å². The molecule has 2 atom stereocenters. The van der Waals surface area contributed by atoms with E-state index >= 15 is 0 Å². The molecule has 0 fully saturated rings. The number of aromatic nitrogens is 1. The van der Waals surface area contributed by atoms with Gasteiger partial charge in [0.05, 0.1) is 22.9 Å². The number of carbonyl (C=O) groups is 1. The third kappa shape index (κ3) is 3.38. The fraction of sp³-hybridized carbons (Fsp3) is 0.308. The molecular formula is C26H22N4O7. The van der Waals surface area contributed by atoms with E-state index in [1.165, 1.54) is 0 Å². The van der Waals surface area contributed by atoms with E-state index in [4.69, 9.17) is 9.47 Å². The van der Waals surface area contributed by atoms with E-state index in [9.17, 15) is 24.8 Å². The van der Waals surface area contributed by atoms with Crippen LogP contribution in [-0.2, 0) is 28.3 Å². The average molecular weight is 502 g/mol. The molecule has 0 radical (unpaired) electrons. The molecule has 4 heterocycles. The Bertz CT molecular complexity index is 1650. The lowest BCUT2D eigenvalue weighted by molar-refractivity contribution is -0.354. The highest BCUT2D eigenvalue weighted by Gasteiger charge is 2.45. The number of hydrogen-bond acceptors (Lipinski definition) is 9. The van der Waals surface area contributed by atoms with Crippen molar-refractivity contribution < 1.29 is 24.3 Å². The van der Waals surface area contributed by atoms with Gasteiger partial charge >= 0.3 is 11.8 Å². The molecule has 3 aliphatic heterocycles. The number of esters is 1. The Labute approximate surface area is 209 Å². The van der Waals surface area contributed by atoms with Crippen LogP contribution in [0.5, 0.6) is 5.75 Å². The van der Waals surface area contributed by atoms with Gasteiger partial charge in [-0.3, -0.25) is 4.79 Å². The molecule has 0 spiro atoms. The van der Waals surface area contributed by atoms with Crippen LogP contribution in [0.15, 0.2) is 51.4 Å². The highest BCUT2D eigenvalue weighted by molar-refractivity contribution is 6.06. The van der Waals surface area contributed by atoms with E-state index < -0.39 is 22.4 Å². The lowest BCUT2D eigenvalue weighted by atomic mass is 9.85. The number of amidine groups is 1. The number of carbonyl (C=O) groups excluding carboxylic acids is 1. The molecule has 11 heteroatoms. The second-order valence-electron chi connectivity index (χ2n) is 9.44. The molecule has 3 aliphatic rings. The Morgan fingerprint density at radius 1 is 1.22 bits per heavy atom. The van der Waals surface area contributed by atoms with Gasteiger partial charge in [-0.15, -0.1) is 0 Å². The molecule has 0 saturated carbocycles. The van der Waals surface area contributed by atoms with Crippen LogP contribution in [-0.4, -0.2) is 38.7 Å². The summed E-state index contributed by atoms with van der Waals surface area (Å²) in [5.74, 6) is -0.885. The topological polar surface area (TPSA) is 146 Å². The summed E-state index contributed by atoms with van der Waals surface area (Å²) in [6, 6.07) is 11.3. The highest BCUT2D eigenvalue weighted by Crippen LogP contribution is 2.40. The molecule has 0 aliphatic carbocycles. The monoisotopic (exact) mass is 502 g/mol. The van der Waals surface area contributed by atoms with E-state index in [1.807, 2.05) is 24.3 Å². The van der Waals surface area contributed by atoms with Crippen molar-refractivity contribution in [3.63, 3.8) is 0 Å². The first-order valence-corrected chi connectivity index (χ1v) is 11.9. The normalized spacial score (nSPS) is 21.6. The van der Waals surface area contributed by atoms with Gasteiger partial charge in [0.1, 0.15) is 30.6 Å². The van der Waals surface area contributed by atoms with Gasteiger partial charge in [-0.05, 0) is 70.0 Å². The smallest absolute Gasteiger partial charge is 0.375 e. The molecule has 1 N–H and O–H groups in total. The van der Waals surface area contributed by atoms with Gasteiger partial charge in [-0.1, -0.05) is 13.0 Å². The molecule has 2 aromatic carbocycles. The second-order valence-corrected chi connectivity index (χ2v) is 9.44. The number of fused-ring (bicyclic) bond motifs is 5. The van der Waals surface area contributed by atoms with Crippen molar-refractivity contribution in [2.45, 2.75) is 39.0 Å². The van der Waals surface area contributed by atoms with Gasteiger partial charge < -0.3 is 29.3 Å². The summed E-state index contributed by atoms with van der Waals surface area (Å²) < 4.78 is 12.6. The quantitative estimate of drug-likeness (QED) is 0.256.